The summed E-state index contributed by atoms with van der Waals surface area (Å²) < 4.78 is 10.9. The number of likely N-dealkylation sites (N-methyl/N-ethyl adjacent to an activating group) is 1. The second kappa shape index (κ2) is 8.44. The molecule has 130 valence electrons. The van der Waals surface area contributed by atoms with Gasteiger partial charge in [-0.2, -0.15) is 0 Å². The highest BCUT2D eigenvalue weighted by molar-refractivity contribution is 8.18. The Balaban J connectivity index is 2.41. The van der Waals surface area contributed by atoms with E-state index in [0.717, 1.165) is 10.7 Å². The maximum atomic E-state index is 12.5. The molecule has 24 heavy (non-hydrogen) atoms. The summed E-state index contributed by atoms with van der Waals surface area (Å²) >= 11 is 7.64. The van der Waals surface area contributed by atoms with Crippen molar-refractivity contribution >= 4 is 40.5 Å². The first-order chi connectivity index (χ1) is 11.5. The highest BCUT2D eigenvalue weighted by Crippen LogP contribution is 2.38. The van der Waals surface area contributed by atoms with Gasteiger partial charge in [-0.15, -0.1) is 0 Å². The molecule has 0 bridgehead atoms. The topological polar surface area (TPSA) is 51.1 Å². The first kappa shape index (κ1) is 18.7. The molecule has 0 atom stereocenters. The molecule has 0 N–H and O–H groups in total. The molecule has 0 saturated carbocycles. The Labute approximate surface area is 151 Å². The average Bonchev–Trinajstić information content (AvgIpc) is 2.83. The van der Waals surface area contributed by atoms with Crippen molar-refractivity contribution in [1.82, 2.24) is 4.90 Å². The van der Waals surface area contributed by atoms with E-state index in [1.165, 1.54) is 11.8 Å². The lowest BCUT2D eigenvalue weighted by Crippen LogP contribution is -2.28. The highest BCUT2D eigenvalue weighted by Gasteiger charge is 2.31. The SMILES string of the molecule is CCN=C1S/C(=C/c2cc(Cl)c(OC)c(OCC)c2)C(=O)N1CC. The Morgan fingerprint density at radius 2 is 2.08 bits per heavy atom. The van der Waals surface area contributed by atoms with Crippen LogP contribution in [0.2, 0.25) is 5.02 Å². The van der Waals surface area contributed by atoms with Gasteiger partial charge in [0.15, 0.2) is 16.7 Å². The number of ether oxygens (including phenoxy) is 2. The van der Waals surface area contributed by atoms with Gasteiger partial charge in [-0.25, -0.2) is 0 Å². The Kier molecular flexibility index (Phi) is 6.57. The molecule has 7 heteroatoms. The van der Waals surface area contributed by atoms with Gasteiger partial charge in [0.2, 0.25) is 0 Å². The zero-order valence-electron chi connectivity index (χ0n) is 14.3. The van der Waals surface area contributed by atoms with Crippen LogP contribution in [0, 0.1) is 0 Å². The number of amides is 1. The highest BCUT2D eigenvalue weighted by atomic mass is 35.5. The smallest absolute Gasteiger partial charge is 0.266 e. The van der Waals surface area contributed by atoms with Crippen LogP contribution in [0.1, 0.15) is 26.3 Å². The van der Waals surface area contributed by atoms with Crippen molar-refractivity contribution in [2.24, 2.45) is 4.99 Å². The number of nitrogens with zero attached hydrogens (tertiary/aromatic N) is 2. The third kappa shape index (κ3) is 3.87. The molecule has 1 saturated heterocycles. The first-order valence-electron chi connectivity index (χ1n) is 7.81. The normalized spacial score (nSPS) is 17.9. The summed E-state index contributed by atoms with van der Waals surface area (Å²) in [6.45, 7) is 7.51. The van der Waals surface area contributed by atoms with E-state index in [1.807, 2.05) is 32.9 Å². The van der Waals surface area contributed by atoms with E-state index in [4.69, 9.17) is 21.1 Å². The van der Waals surface area contributed by atoms with Crippen LogP contribution >= 0.6 is 23.4 Å². The Morgan fingerprint density at radius 1 is 1.33 bits per heavy atom. The Hall–Kier alpha value is -1.66. The maximum Gasteiger partial charge on any atom is 0.266 e. The van der Waals surface area contributed by atoms with E-state index >= 15 is 0 Å². The third-order valence-electron chi connectivity index (χ3n) is 3.33. The van der Waals surface area contributed by atoms with E-state index in [2.05, 4.69) is 4.99 Å². The number of amidine groups is 1. The summed E-state index contributed by atoms with van der Waals surface area (Å²) in [6.07, 6.45) is 1.81. The van der Waals surface area contributed by atoms with Crippen molar-refractivity contribution in [3.8, 4) is 11.5 Å². The van der Waals surface area contributed by atoms with Gasteiger partial charge in [0.05, 0.1) is 23.6 Å². The number of thioether (sulfide) groups is 1. The number of carbonyl (C=O) groups is 1. The van der Waals surface area contributed by atoms with Crippen LogP contribution in [-0.4, -0.2) is 42.8 Å². The minimum Gasteiger partial charge on any atom is -0.491 e. The van der Waals surface area contributed by atoms with Crippen LogP contribution in [0.5, 0.6) is 11.5 Å². The summed E-state index contributed by atoms with van der Waals surface area (Å²) in [5.74, 6) is 1.01. The van der Waals surface area contributed by atoms with E-state index in [0.29, 0.717) is 41.1 Å². The van der Waals surface area contributed by atoms with Crippen LogP contribution in [0.3, 0.4) is 0 Å². The number of halogens is 1. The monoisotopic (exact) mass is 368 g/mol. The average molecular weight is 369 g/mol. The number of hydrogen-bond donors (Lipinski definition) is 0. The van der Waals surface area contributed by atoms with Gasteiger partial charge in [0.25, 0.3) is 5.91 Å². The molecule has 0 radical (unpaired) electrons. The van der Waals surface area contributed by atoms with Crippen molar-refractivity contribution in [1.29, 1.82) is 0 Å². The molecule has 1 aliphatic heterocycles. The molecule has 1 aliphatic rings. The predicted octanol–water partition coefficient (Wildman–Crippen LogP) is 4.06. The molecular formula is C17H21ClN2O3S. The minimum absolute atomic E-state index is 0.0420. The van der Waals surface area contributed by atoms with E-state index in [-0.39, 0.29) is 5.91 Å². The molecule has 0 spiro atoms. The molecule has 5 nitrogen and oxygen atoms in total. The number of rotatable bonds is 6. The lowest BCUT2D eigenvalue weighted by atomic mass is 10.1. The summed E-state index contributed by atoms with van der Waals surface area (Å²) in [6, 6.07) is 3.58. The molecule has 1 aromatic rings. The molecule has 0 aromatic heterocycles. The molecule has 0 aliphatic carbocycles. The second-order valence-electron chi connectivity index (χ2n) is 4.88. The molecule has 1 aromatic carbocycles. The number of hydrogen-bond acceptors (Lipinski definition) is 5. The van der Waals surface area contributed by atoms with Crippen molar-refractivity contribution in [3.63, 3.8) is 0 Å². The molecular weight excluding hydrogens is 348 g/mol. The first-order valence-corrected chi connectivity index (χ1v) is 9.01. The summed E-state index contributed by atoms with van der Waals surface area (Å²) in [5, 5.41) is 1.18. The fourth-order valence-electron chi connectivity index (χ4n) is 2.32. The van der Waals surface area contributed by atoms with Crippen molar-refractivity contribution in [2.75, 3.05) is 26.8 Å². The van der Waals surface area contributed by atoms with Gasteiger partial charge < -0.3 is 9.47 Å². The standard InChI is InChI=1S/C17H21ClN2O3S/c1-5-19-17-20(6-2)16(21)14(24-17)10-11-8-12(18)15(22-4)13(9-11)23-7-3/h8-10H,5-7H2,1-4H3/b14-10+,19-17?. The molecule has 2 rings (SSSR count). The summed E-state index contributed by atoms with van der Waals surface area (Å²) in [5.41, 5.74) is 0.786. The fraction of sp³-hybridized carbons (Fsp3) is 0.412. The zero-order chi connectivity index (χ0) is 17.7. The molecule has 1 heterocycles. The Bertz CT molecular complexity index is 689. The van der Waals surface area contributed by atoms with Gasteiger partial charge in [-0.3, -0.25) is 14.7 Å². The summed E-state index contributed by atoms with van der Waals surface area (Å²) in [4.78, 5) is 19.2. The minimum atomic E-state index is -0.0420. The van der Waals surface area contributed by atoms with Gasteiger partial charge >= 0.3 is 0 Å². The fourth-order valence-corrected chi connectivity index (χ4v) is 3.72. The van der Waals surface area contributed by atoms with Crippen LogP contribution in [0.4, 0.5) is 0 Å². The number of aliphatic imine (C=N–C) groups is 1. The van der Waals surface area contributed by atoms with Crippen molar-refractivity contribution in [2.45, 2.75) is 20.8 Å². The third-order valence-corrected chi connectivity index (χ3v) is 4.66. The van der Waals surface area contributed by atoms with Crippen LogP contribution in [0.15, 0.2) is 22.0 Å². The summed E-state index contributed by atoms with van der Waals surface area (Å²) in [7, 11) is 1.55. The number of benzene rings is 1. The van der Waals surface area contributed by atoms with E-state index in [1.54, 1.807) is 18.1 Å². The Morgan fingerprint density at radius 3 is 2.67 bits per heavy atom. The molecule has 1 fully saturated rings. The van der Waals surface area contributed by atoms with E-state index < -0.39 is 0 Å². The van der Waals surface area contributed by atoms with E-state index in [9.17, 15) is 4.79 Å². The van der Waals surface area contributed by atoms with Crippen molar-refractivity contribution in [3.05, 3.63) is 27.6 Å². The molecule has 0 unspecified atom stereocenters. The predicted molar refractivity (Wildman–Crippen MR) is 100 cm³/mol. The maximum absolute atomic E-state index is 12.5. The largest absolute Gasteiger partial charge is 0.491 e. The number of methoxy groups -OCH3 is 1. The quantitative estimate of drug-likeness (QED) is 0.710. The van der Waals surface area contributed by atoms with Gasteiger partial charge in [0, 0.05) is 13.1 Å². The van der Waals surface area contributed by atoms with Crippen molar-refractivity contribution < 1.29 is 14.3 Å². The van der Waals surface area contributed by atoms with Gasteiger partial charge in [-0.05, 0) is 56.3 Å². The van der Waals surface area contributed by atoms with Gasteiger partial charge in [0.1, 0.15) is 0 Å². The number of carbonyl (C=O) groups excluding carboxylic acids is 1. The van der Waals surface area contributed by atoms with Crippen LogP contribution in [-0.2, 0) is 4.79 Å². The van der Waals surface area contributed by atoms with Crippen LogP contribution < -0.4 is 9.47 Å². The lowest BCUT2D eigenvalue weighted by molar-refractivity contribution is -0.122. The molecule has 1 amide bonds. The zero-order valence-corrected chi connectivity index (χ0v) is 15.8. The second-order valence-corrected chi connectivity index (χ2v) is 6.30. The van der Waals surface area contributed by atoms with Crippen LogP contribution in [0.25, 0.3) is 6.08 Å². The lowest BCUT2D eigenvalue weighted by Gasteiger charge is -2.12. The van der Waals surface area contributed by atoms with Gasteiger partial charge in [-0.1, -0.05) is 11.6 Å².